The van der Waals surface area contributed by atoms with Gasteiger partial charge in [-0.25, -0.2) is 4.39 Å². The average molecular weight is 267 g/mol. The highest BCUT2D eigenvalue weighted by Gasteiger charge is 2.38. The fourth-order valence-electron chi connectivity index (χ4n) is 2.83. The van der Waals surface area contributed by atoms with Crippen LogP contribution in [0.4, 0.5) is 10.1 Å². The van der Waals surface area contributed by atoms with Crippen LogP contribution in [-0.4, -0.2) is 0 Å². The van der Waals surface area contributed by atoms with Crippen LogP contribution in [0.1, 0.15) is 25.0 Å². The summed E-state index contributed by atoms with van der Waals surface area (Å²) in [7, 11) is 0. The van der Waals surface area contributed by atoms with Crippen molar-refractivity contribution in [1.82, 2.24) is 0 Å². The van der Waals surface area contributed by atoms with Gasteiger partial charge in [0.15, 0.2) is 0 Å². The molecule has 0 spiro atoms. The van der Waals surface area contributed by atoms with Crippen molar-refractivity contribution in [2.75, 3.05) is 4.90 Å². The highest BCUT2D eigenvalue weighted by atomic mass is 19.1. The van der Waals surface area contributed by atoms with Gasteiger partial charge in [0.05, 0.1) is 0 Å². The maximum Gasteiger partial charge on any atom is 0.123 e. The Balaban J connectivity index is 1.98. The van der Waals surface area contributed by atoms with Crippen LogP contribution >= 0.6 is 0 Å². The van der Waals surface area contributed by atoms with Gasteiger partial charge in [-0.1, -0.05) is 50.8 Å². The number of hydrogen-bond acceptors (Lipinski definition) is 1. The molecule has 0 saturated heterocycles. The van der Waals surface area contributed by atoms with Crippen LogP contribution in [0, 0.1) is 5.82 Å². The van der Waals surface area contributed by atoms with Crippen molar-refractivity contribution in [3.8, 4) is 0 Å². The molecule has 0 atom stereocenters. The summed E-state index contributed by atoms with van der Waals surface area (Å²) < 4.78 is 13.0. The lowest BCUT2D eigenvalue weighted by Crippen LogP contribution is -2.24. The molecular weight excluding hydrogens is 249 g/mol. The quantitative estimate of drug-likeness (QED) is 0.766. The third-order valence-electron chi connectivity index (χ3n) is 4.17. The van der Waals surface area contributed by atoms with E-state index in [-0.39, 0.29) is 11.2 Å². The molecule has 3 rings (SSSR count). The van der Waals surface area contributed by atoms with Gasteiger partial charge in [-0.05, 0) is 29.3 Å². The minimum atomic E-state index is -0.199. The molecule has 2 heteroatoms. The molecule has 0 fully saturated rings. The second kappa shape index (κ2) is 4.48. The Morgan fingerprint density at radius 3 is 2.40 bits per heavy atom. The van der Waals surface area contributed by atoms with Crippen molar-refractivity contribution in [3.63, 3.8) is 0 Å². The summed E-state index contributed by atoms with van der Waals surface area (Å²) in [5, 5.41) is 0. The predicted octanol–water partition coefficient (Wildman–Crippen LogP) is 4.64. The lowest BCUT2D eigenvalue weighted by atomic mass is 9.84. The average Bonchev–Trinajstić information content (AvgIpc) is 2.63. The van der Waals surface area contributed by atoms with E-state index in [1.54, 1.807) is 0 Å². The Morgan fingerprint density at radius 1 is 1.05 bits per heavy atom. The van der Waals surface area contributed by atoms with Gasteiger partial charge in [-0.15, -0.1) is 0 Å². The zero-order chi connectivity index (χ0) is 14.3. The summed E-state index contributed by atoms with van der Waals surface area (Å²) in [5.74, 6) is -0.199. The second-order valence-electron chi connectivity index (χ2n) is 5.80. The standard InChI is InChI=1S/C18H18FN/c1-13-18(2,3)16-6-4-5-7-17(16)20(13)12-14-8-10-15(19)11-9-14/h4-11H,1,12H2,2-3H3. The first-order valence-electron chi connectivity index (χ1n) is 6.81. The lowest BCUT2D eigenvalue weighted by Gasteiger charge is -2.26. The molecular formula is C18H18FN. The molecule has 0 bridgehead atoms. The molecule has 0 aliphatic carbocycles. The van der Waals surface area contributed by atoms with Crippen LogP contribution < -0.4 is 4.90 Å². The Kier molecular flexibility index (Phi) is 2.89. The molecule has 0 unspecified atom stereocenters. The molecule has 0 amide bonds. The van der Waals surface area contributed by atoms with E-state index in [1.807, 2.05) is 18.2 Å². The van der Waals surface area contributed by atoms with E-state index >= 15 is 0 Å². The fraction of sp³-hybridized carbons (Fsp3) is 0.222. The minimum Gasteiger partial charge on any atom is -0.340 e. The van der Waals surface area contributed by atoms with Gasteiger partial charge in [-0.3, -0.25) is 0 Å². The van der Waals surface area contributed by atoms with Gasteiger partial charge in [0.2, 0.25) is 0 Å². The smallest absolute Gasteiger partial charge is 0.123 e. The van der Waals surface area contributed by atoms with Crippen molar-refractivity contribution in [2.45, 2.75) is 25.8 Å². The first-order chi connectivity index (χ1) is 9.50. The Morgan fingerprint density at radius 2 is 1.70 bits per heavy atom. The normalized spacial score (nSPS) is 16.4. The number of allylic oxidation sites excluding steroid dienone is 1. The van der Waals surface area contributed by atoms with Crippen LogP contribution in [0.15, 0.2) is 60.8 Å². The van der Waals surface area contributed by atoms with E-state index in [0.29, 0.717) is 0 Å². The topological polar surface area (TPSA) is 3.24 Å². The Bertz CT molecular complexity index is 655. The molecule has 1 heterocycles. The zero-order valence-corrected chi connectivity index (χ0v) is 11.9. The molecule has 2 aromatic rings. The monoisotopic (exact) mass is 267 g/mol. The van der Waals surface area contributed by atoms with E-state index < -0.39 is 0 Å². The number of rotatable bonds is 2. The summed E-state index contributed by atoms with van der Waals surface area (Å²) in [6.07, 6.45) is 0. The van der Waals surface area contributed by atoms with E-state index in [2.05, 4.69) is 43.5 Å². The lowest BCUT2D eigenvalue weighted by molar-refractivity contribution is 0.624. The summed E-state index contributed by atoms with van der Waals surface area (Å²) in [5.41, 5.74) is 4.61. The van der Waals surface area contributed by atoms with Crippen LogP contribution in [-0.2, 0) is 12.0 Å². The van der Waals surface area contributed by atoms with Crippen molar-refractivity contribution in [2.24, 2.45) is 0 Å². The number of fused-ring (bicyclic) bond motifs is 1. The summed E-state index contributed by atoms with van der Waals surface area (Å²) in [6, 6.07) is 15.1. The maximum atomic E-state index is 13.0. The van der Waals surface area contributed by atoms with Gasteiger partial charge >= 0.3 is 0 Å². The van der Waals surface area contributed by atoms with Gasteiger partial charge in [0.1, 0.15) is 5.82 Å². The highest BCUT2D eigenvalue weighted by molar-refractivity contribution is 5.69. The van der Waals surface area contributed by atoms with Crippen molar-refractivity contribution < 1.29 is 4.39 Å². The van der Waals surface area contributed by atoms with Crippen LogP contribution in [0.2, 0.25) is 0 Å². The molecule has 0 N–H and O–H groups in total. The largest absolute Gasteiger partial charge is 0.340 e. The number of benzene rings is 2. The van der Waals surface area contributed by atoms with Crippen LogP contribution in [0.5, 0.6) is 0 Å². The number of anilines is 1. The Labute approximate surface area is 119 Å². The second-order valence-corrected chi connectivity index (χ2v) is 5.80. The summed E-state index contributed by atoms with van der Waals surface area (Å²) in [6.45, 7) is 9.38. The molecule has 20 heavy (non-hydrogen) atoms. The third-order valence-corrected chi connectivity index (χ3v) is 4.17. The molecule has 0 saturated carbocycles. The van der Waals surface area contributed by atoms with Gasteiger partial charge in [0, 0.05) is 23.3 Å². The number of nitrogens with zero attached hydrogens (tertiary/aromatic N) is 1. The van der Waals surface area contributed by atoms with Crippen LogP contribution in [0.25, 0.3) is 0 Å². The highest BCUT2D eigenvalue weighted by Crippen LogP contribution is 2.47. The first-order valence-corrected chi connectivity index (χ1v) is 6.81. The summed E-state index contributed by atoms with van der Waals surface area (Å²) >= 11 is 0. The molecule has 0 aromatic heterocycles. The Hall–Kier alpha value is -2.09. The van der Waals surface area contributed by atoms with Crippen molar-refractivity contribution in [3.05, 3.63) is 77.8 Å². The van der Waals surface area contributed by atoms with Gasteiger partial charge in [-0.2, -0.15) is 0 Å². The molecule has 102 valence electrons. The molecule has 1 aliphatic rings. The number of para-hydroxylation sites is 1. The summed E-state index contributed by atoms with van der Waals surface area (Å²) in [4.78, 5) is 2.22. The number of halogens is 1. The molecule has 0 radical (unpaired) electrons. The van der Waals surface area contributed by atoms with E-state index in [1.165, 1.54) is 23.4 Å². The fourth-order valence-corrected chi connectivity index (χ4v) is 2.83. The van der Waals surface area contributed by atoms with Crippen molar-refractivity contribution in [1.29, 1.82) is 0 Å². The SMILES string of the molecule is C=C1N(Cc2ccc(F)cc2)c2ccccc2C1(C)C. The van der Waals surface area contributed by atoms with E-state index in [0.717, 1.165) is 17.8 Å². The predicted molar refractivity (Wildman–Crippen MR) is 81.2 cm³/mol. The minimum absolute atomic E-state index is 0.0589. The molecule has 1 aliphatic heterocycles. The van der Waals surface area contributed by atoms with E-state index in [9.17, 15) is 4.39 Å². The van der Waals surface area contributed by atoms with Gasteiger partial charge < -0.3 is 4.90 Å². The molecule has 1 nitrogen and oxygen atoms in total. The first kappa shape index (κ1) is 12.9. The van der Waals surface area contributed by atoms with Gasteiger partial charge in [0.25, 0.3) is 0 Å². The maximum absolute atomic E-state index is 13.0. The van der Waals surface area contributed by atoms with Crippen LogP contribution in [0.3, 0.4) is 0 Å². The van der Waals surface area contributed by atoms with E-state index in [4.69, 9.17) is 0 Å². The number of hydrogen-bond donors (Lipinski definition) is 0. The third kappa shape index (κ3) is 1.92. The molecule has 2 aromatic carbocycles. The zero-order valence-electron chi connectivity index (χ0n) is 11.9. The van der Waals surface area contributed by atoms with Crippen molar-refractivity contribution >= 4 is 5.69 Å².